The van der Waals surface area contributed by atoms with Crippen LogP contribution in [0.2, 0.25) is 0 Å². The Hall–Kier alpha value is -1.65. The van der Waals surface area contributed by atoms with Gasteiger partial charge in [-0.1, -0.05) is 6.92 Å². The Kier molecular flexibility index (Phi) is 20.9. The fourth-order valence-electron chi connectivity index (χ4n) is 3.31. The van der Waals surface area contributed by atoms with Gasteiger partial charge in [0.25, 0.3) is 0 Å². The lowest BCUT2D eigenvalue weighted by molar-refractivity contribution is -0.177. The Morgan fingerprint density at radius 3 is 1.45 bits per heavy atom. The average molecular weight is 596 g/mol. The van der Waals surface area contributed by atoms with Gasteiger partial charge < -0.3 is 38.5 Å². The molecule has 15 heteroatoms. The predicted octanol–water partition coefficient (Wildman–Crippen LogP) is 2.01. The maximum Gasteiger partial charge on any atom is 0.308 e. The van der Waals surface area contributed by atoms with E-state index in [4.69, 9.17) is 28.4 Å². The van der Waals surface area contributed by atoms with Crippen LogP contribution in [0.1, 0.15) is 26.2 Å². The molecule has 0 aromatic carbocycles. The van der Waals surface area contributed by atoms with Crippen LogP contribution in [-0.4, -0.2) is 135 Å². The van der Waals surface area contributed by atoms with Crippen LogP contribution < -0.4 is 5.32 Å². The molecule has 0 saturated heterocycles. The van der Waals surface area contributed by atoms with E-state index in [1.54, 1.807) is 0 Å². The highest BCUT2D eigenvalue weighted by molar-refractivity contribution is 5.75. The van der Waals surface area contributed by atoms with Crippen molar-refractivity contribution < 1.29 is 64.7 Å². The largest absolute Gasteiger partial charge is 0.456 e. The minimum atomic E-state index is -2.96. The second-order valence-corrected chi connectivity index (χ2v) is 8.70. The number of hydrogen-bond donors (Lipinski definition) is 1. The van der Waals surface area contributed by atoms with E-state index in [-0.39, 0.29) is 51.9 Å². The summed E-state index contributed by atoms with van der Waals surface area (Å²) in [5, 5.41) is 2.66. The molecule has 10 nitrogen and oxygen atoms in total. The lowest BCUT2D eigenvalue weighted by Gasteiger charge is -2.35. The summed E-state index contributed by atoms with van der Waals surface area (Å²) in [7, 11) is 0. The zero-order valence-corrected chi connectivity index (χ0v) is 22.8. The molecule has 1 amide bonds. The Morgan fingerprint density at radius 1 is 0.550 bits per heavy atom. The quantitative estimate of drug-likeness (QED) is 0.102. The molecule has 1 aliphatic carbocycles. The first-order valence-corrected chi connectivity index (χ1v) is 13.4. The second kappa shape index (κ2) is 23.0. The number of hydrogen-bond acceptors (Lipinski definition) is 9. The summed E-state index contributed by atoms with van der Waals surface area (Å²) >= 11 is 0. The number of esters is 1. The zero-order chi connectivity index (χ0) is 29.6. The zero-order valence-electron chi connectivity index (χ0n) is 22.8. The predicted molar refractivity (Wildman–Crippen MR) is 132 cm³/mol. The van der Waals surface area contributed by atoms with Gasteiger partial charge in [0.05, 0.1) is 79.1 Å². The van der Waals surface area contributed by atoms with Gasteiger partial charge in [-0.3, -0.25) is 9.59 Å². The van der Waals surface area contributed by atoms with Crippen LogP contribution in [0, 0.1) is 0 Å². The third-order valence-electron chi connectivity index (χ3n) is 5.44. The molecule has 0 aliphatic heterocycles. The summed E-state index contributed by atoms with van der Waals surface area (Å²) in [5.74, 6) is -1.34. The van der Waals surface area contributed by atoms with E-state index in [1.165, 1.54) is 0 Å². The number of carbonyl (C=O) groups excluding carboxylic acids is 2. The van der Waals surface area contributed by atoms with Crippen LogP contribution >= 0.6 is 0 Å². The Bertz CT molecular complexity index is 654. The highest BCUT2D eigenvalue weighted by Gasteiger charge is 2.55. The van der Waals surface area contributed by atoms with E-state index in [2.05, 4.69) is 10.1 Å². The first-order valence-electron chi connectivity index (χ1n) is 13.4. The van der Waals surface area contributed by atoms with Gasteiger partial charge in [-0.25, -0.2) is 22.0 Å². The molecule has 0 heterocycles. The van der Waals surface area contributed by atoms with Gasteiger partial charge in [-0.05, 0) is 6.42 Å². The van der Waals surface area contributed by atoms with Crippen molar-refractivity contribution in [2.24, 2.45) is 0 Å². The van der Waals surface area contributed by atoms with Gasteiger partial charge in [0.15, 0.2) is 37.0 Å². The Balaban J connectivity index is 1.88. The molecule has 0 aromatic heterocycles. The molecule has 1 aliphatic rings. The minimum absolute atomic E-state index is 0.0696. The average Bonchev–Trinajstić information content (AvgIpc) is 2.94. The highest BCUT2D eigenvalue weighted by Crippen LogP contribution is 2.33. The lowest BCUT2D eigenvalue weighted by atomic mass is 9.89. The van der Waals surface area contributed by atoms with Gasteiger partial charge >= 0.3 is 5.97 Å². The Morgan fingerprint density at radius 2 is 0.950 bits per heavy atom. The minimum Gasteiger partial charge on any atom is -0.456 e. The standard InChI is InChI=1S/C25H42F5NO9/c1-2-6-34-10-14-38-16-17-39-15-12-35-7-3-18(32)31-5-9-37-13-11-36-8-4-19(33)40-25-23(29)21(27)20(26)22(28)24(25)30/h20-25H,2-17H2,1H3,(H,31,32). The molecular weight excluding hydrogens is 553 g/mol. The van der Waals surface area contributed by atoms with Crippen LogP contribution in [0.15, 0.2) is 0 Å². The van der Waals surface area contributed by atoms with Crippen molar-refractivity contribution in [1.29, 1.82) is 0 Å². The maximum atomic E-state index is 13.7. The van der Waals surface area contributed by atoms with E-state index in [9.17, 15) is 31.5 Å². The smallest absolute Gasteiger partial charge is 0.308 e. The molecule has 0 aromatic rings. The van der Waals surface area contributed by atoms with Crippen LogP contribution in [0.25, 0.3) is 0 Å². The molecule has 236 valence electrons. The molecule has 0 spiro atoms. The fraction of sp³-hybridized carbons (Fsp3) is 0.920. The van der Waals surface area contributed by atoms with Crippen LogP contribution in [-0.2, 0) is 42.7 Å². The van der Waals surface area contributed by atoms with Gasteiger partial charge in [0.2, 0.25) is 5.91 Å². The maximum absolute atomic E-state index is 13.7. The molecule has 0 bridgehead atoms. The number of alkyl halides is 5. The summed E-state index contributed by atoms with van der Waals surface area (Å²) in [6, 6.07) is 0. The van der Waals surface area contributed by atoms with Crippen LogP contribution in [0.5, 0.6) is 0 Å². The molecule has 40 heavy (non-hydrogen) atoms. The summed E-state index contributed by atoms with van der Waals surface area (Å²) in [4.78, 5) is 23.4. The molecule has 1 fully saturated rings. The number of ether oxygens (including phenoxy) is 7. The Labute approximate surface area is 231 Å². The first kappa shape index (κ1) is 36.4. The van der Waals surface area contributed by atoms with Crippen molar-refractivity contribution in [3.05, 3.63) is 0 Å². The van der Waals surface area contributed by atoms with Gasteiger partial charge in [-0.2, -0.15) is 0 Å². The van der Waals surface area contributed by atoms with Crippen molar-refractivity contribution in [3.8, 4) is 0 Å². The van der Waals surface area contributed by atoms with E-state index in [0.717, 1.165) is 13.0 Å². The van der Waals surface area contributed by atoms with Gasteiger partial charge in [0.1, 0.15) is 0 Å². The molecule has 4 atom stereocenters. The summed E-state index contributed by atoms with van der Waals surface area (Å²) in [6.45, 7) is 6.26. The van der Waals surface area contributed by atoms with E-state index >= 15 is 0 Å². The first-order chi connectivity index (χ1) is 19.3. The summed E-state index contributed by atoms with van der Waals surface area (Å²) in [5.41, 5.74) is 0. The van der Waals surface area contributed by atoms with Crippen molar-refractivity contribution in [3.63, 3.8) is 0 Å². The van der Waals surface area contributed by atoms with E-state index in [0.29, 0.717) is 39.6 Å². The van der Waals surface area contributed by atoms with Crippen molar-refractivity contribution in [2.75, 3.05) is 85.8 Å². The van der Waals surface area contributed by atoms with E-state index in [1.807, 2.05) is 6.92 Å². The lowest BCUT2D eigenvalue weighted by Crippen LogP contribution is -2.57. The number of rotatable bonds is 24. The van der Waals surface area contributed by atoms with Crippen LogP contribution in [0.3, 0.4) is 0 Å². The number of amides is 1. The SMILES string of the molecule is CCCOCCOCCOCCOCCC(=O)NCCOCCOCCC(=O)OC1C(F)C(F)C(F)C(F)C1F. The molecule has 0 radical (unpaired) electrons. The van der Waals surface area contributed by atoms with Crippen LogP contribution in [0.4, 0.5) is 22.0 Å². The summed E-state index contributed by atoms with van der Waals surface area (Å²) in [6.07, 6.45) is -16.1. The van der Waals surface area contributed by atoms with Gasteiger partial charge in [0, 0.05) is 19.6 Å². The third-order valence-corrected chi connectivity index (χ3v) is 5.44. The van der Waals surface area contributed by atoms with Crippen molar-refractivity contribution in [2.45, 2.75) is 63.1 Å². The molecular formula is C25H42F5NO9. The topological polar surface area (TPSA) is 111 Å². The van der Waals surface area contributed by atoms with Crippen molar-refractivity contribution in [1.82, 2.24) is 5.32 Å². The van der Waals surface area contributed by atoms with E-state index < -0.39 is 49.4 Å². The van der Waals surface area contributed by atoms with Crippen molar-refractivity contribution >= 4 is 11.9 Å². The monoisotopic (exact) mass is 595 g/mol. The molecule has 1 N–H and O–H groups in total. The highest BCUT2D eigenvalue weighted by atomic mass is 19.2. The molecule has 4 unspecified atom stereocenters. The number of nitrogens with one attached hydrogen (secondary N) is 1. The molecule has 1 rings (SSSR count). The molecule has 1 saturated carbocycles. The fourth-order valence-corrected chi connectivity index (χ4v) is 3.31. The number of halogens is 5. The second-order valence-electron chi connectivity index (χ2n) is 8.70. The summed E-state index contributed by atoms with van der Waals surface area (Å²) < 4.78 is 103. The number of carbonyl (C=O) groups is 2. The normalized spacial score (nSPS) is 24.6. The van der Waals surface area contributed by atoms with Gasteiger partial charge in [-0.15, -0.1) is 0 Å². The third kappa shape index (κ3) is 16.0.